The van der Waals surface area contributed by atoms with Crippen molar-refractivity contribution in [3.8, 4) is 5.75 Å². The first-order valence-electron chi connectivity index (χ1n) is 11.9. The zero-order chi connectivity index (χ0) is 24.6. The van der Waals surface area contributed by atoms with Crippen LogP contribution in [0.25, 0.3) is 0 Å². The van der Waals surface area contributed by atoms with Gasteiger partial charge in [-0.1, -0.05) is 60.7 Å². The number of carbonyl (C=O) groups is 3. The second-order valence-corrected chi connectivity index (χ2v) is 9.74. The molecule has 4 aliphatic rings. The molecule has 2 heterocycles. The molecule has 0 spiro atoms. The molecule has 4 aromatic rings. The number of rotatable bonds is 3. The summed E-state index contributed by atoms with van der Waals surface area (Å²) in [7, 11) is 0. The number of hydrogen-bond donors (Lipinski definition) is 0. The Hall–Kier alpha value is -4.45. The average Bonchev–Trinajstić information content (AvgIpc) is 3.51. The van der Waals surface area contributed by atoms with Crippen molar-refractivity contribution in [3.05, 3.63) is 119 Å². The largest absolute Gasteiger partial charge is 0.457 e. The van der Waals surface area contributed by atoms with E-state index in [2.05, 4.69) is 24.3 Å². The fraction of sp³-hybridized carbons (Fsp3) is 0.167. The molecule has 176 valence electrons. The summed E-state index contributed by atoms with van der Waals surface area (Å²) in [6.45, 7) is 1.92. The molecule has 0 N–H and O–H groups in total. The van der Waals surface area contributed by atoms with Crippen LogP contribution >= 0.6 is 0 Å². The first-order chi connectivity index (χ1) is 17.5. The molecule has 8 rings (SSSR count). The Morgan fingerprint density at radius 1 is 0.833 bits per heavy atom. The predicted octanol–water partition coefficient (Wildman–Crippen LogP) is 5.29. The van der Waals surface area contributed by atoms with Gasteiger partial charge in [-0.3, -0.25) is 9.59 Å². The van der Waals surface area contributed by atoms with Crippen LogP contribution in [0.1, 0.15) is 51.6 Å². The van der Waals surface area contributed by atoms with E-state index in [0.717, 1.165) is 22.3 Å². The van der Waals surface area contributed by atoms with Crippen LogP contribution in [0.2, 0.25) is 0 Å². The number of para-hydroxylation sites is 2. The highest BCUT2D eigenvalue weighted by molar-refractivity contribution is 6.25. The van der Waals surface area contributed by atoms with E-state index >= 15 is 0 Å². The van der Waals surface area contributed by atoms with Crippen LogP contribution in [0.15, 0.2) is 95.6 Å². The Labute approximate surface area is 207 Å². The summed E-state index contributed by atoms with van der Waals surface area (Å²) in [5.41, 5.74) is 3.69. The molecular weight excluding hydrogens is 454 g/mol. The van der Waals surface area contributed by atoms with Gasteiger partial charge in [0.15, 0.2) is 5.75 Å². The summed E-state index contributed by atoms with van der Waals surface area (Å²) < 4.78 is 10.8. The van der Waals surface area contributed by atoms with Crippen molar-refractivity contribution in [2.75, 3.05) is 4.90 Å². The molecule has 36 heavy (non-hydrogen) atoms. The molecule has 0 saturated carbocycles. The second-order valence-electron chi connectivity index (χ2n) is 9.74. The quantitative estimate of drug-likeness (QED) is 0.229. The Morgan fingerprint density at radius 3 is 2.08 bits per heavy atom. The molecule has 3 aromatic carbocycles. The Bertz CT molecular complexity index is 1520. The van der Waals surface area contributed by atoms with Crippen molar-refractivity contribution in [1.29, 1.82) is 0 Å². The van der Waals surface area contributed by atoms with Crippen molar-refractivity contribution in [2.24, 2.45) is 11.3 Å². The number of anilines is 1. The summed E-state index contributed by atoms with van der Waals surface area (Å²) in [4.78, 5) is 42.3. The van der Waals surface area contributed by atoms with E-state index < -0.39 is 17.3 Å². The van der Waals surface area contributed by atoms with E-state index in [1.807, 2.05) is 31.2 Å². The van der Waals surface area contributed by atoms with Gasteiger partial charge in [0.25, 0.3) is 0 Å². The average molecular weight is 476 g/mol. The van der Waals surface area contributed by atoms with Crippen LogP contribution in [0, 0.1) is 11.3 Å². The van der Waals surface area contributed by atoms with Gasteiger partial charge in [0, 0.05) is 11.8 Å². The second kappa shape index (κ2) is 7.28. The molecule has 0 radical (unpaired) electrons. The number of ether oxygens (including phenoxy) is 1. The number of carbonyl (C=O) groups excluding carboxylic acids is 3. The van der Waals surface area contributed by atoms with Crippen LogP contribution in [0.3, 0.4) is 0 Å². The molecule has 3 aliphatic carbocycles. The van der Waals surface area contributed by atoms with Gasteiger partial charge in [-0.05, 0) is 53.4 Å². The molecule has 6 heteroatoms. The number of imide groups is 1. The van der Waals surface area contributed by atoms with Gasteiger partial charge in [0.1, 0.15) is 0 Å². The molecule has 1 fully saturated rings. The lowest BCUT2D eigenvalue weighted by atomic mass is 9.48. The van der Waals surface area contributed by atoms with Gasteiger partial charge >= 0.3 is 5.97 Å². The number of esters is 1. The lowest BCUT2D eigenvalue weighted by Crippen LogP contribution is -2.49. The number of hydrogen-bond acceptors (Lipinski definition) is 5. The fourth-order valence-corrected chi connectivity index (χ4v) is 6.62. The molecule has 2 bridgehead atoms. The van der Waals surface area contributed by atoms with Crippen molar-refractivity contribution < 1.29 is 23.5 Å². The van der Waals surface area contributed by atoms with E-state index in [4.69, 9.17) is 9.15 Å². The third-order valence-corrected chi connectivity index (χ3v) is 8.04. The number of amides is 2. The summed E-state index contributed by atoms with van der Waals surface area (Å²) in [5.74, 6) is -2.13. The highest BCUT2D eigenvalue weighted by Crippen LogP contribution is 2.67. The minimum Gasteiger partial charge on any atom is -0.457 e. The molecule has 1 saturated heterocycles. The molecule has 2 atom stereocenters. The maximum absolute atomic E-state index is 14.3. The van der Waals surface area contributed by atoms with Crippen LogP contribution in [0.5, 0.6) is 5.75 Å². The minimum absolute atomic E-state index is 0.0356. The highest BCUT2D eigenvalue weighted by Gasteiger charge is 2.69. The fourth-order valence-electron chi connectivity index (χ4n) is 6.62. The Morgan fingerprint density at radius 2 is 1.44 bits per heavy atom. The number of nitrogens with zero attached hydrogens (tertiary/aromatic N) is 1. The minimum atomic E-state index is -0.970. The zero-order valence-corrected chi connectivity index (χ0v) is 19.4. The van der Waals surface area contributed by atoms with E-state index in [1.54, 1.807) is 30.3 Å². The maximum atomic E-state index is 14.3. The highest BCUT2D eigenvalue weighted by atomic mass is 16.5. The van der Waals surface area contributed by atoms with Gasteiger partial charge in [0.05, 0.1) is 23.3 Å². The normalized spacial score (nSPS) is 25.4. The zero-order valence-electron chi connectivity index (χ0n) is 19.4. The van der Waals surface area contributed by atoms with Gasteiger partial charge in [-0.15, -0.1) is 0 Å². The van der Waals surface area contributed by atoms with Crippen LogP contribution in [-0.2, 0) is 9.59 Å². The third kappa shape index (κ3) is 2.53. The summed E-state index contributed by atoms with van der Waals surface area (Å²) in [5, 5.41) is 0. The van der Waals surface area contributed by atoms with Gasteiger partial charge < -0.3 is 9.15 Å². The van der Waals surface area contributed by atoms with E-state index in [-0.39, 0.29) is 40.8 Å². The number of furan rings is 1. The first-order valence-corrected chi connectivity index (χ1v) is 11.9. The van der Waals surface area contributed by atoms with Crippen LogP contribution in [0.4, 0.5) is 5.69 Å². The lowest BCUT2D eigenvalue weighted by Gasteiger charge is -2.51. The number of benzene rings is 3. The summed E-state index contributed by atoms with van der Waals surface area (Å²) in [6, 6.07) is 26.0. The van der Waals surface area contributed by atoms with Gasteiger partial charge in [-0.2, -0.15) is 0 Å². The van der Waals surface area contributed by atoms with Crippen LogP contribution < -0.4 is 9.64 Å². The van der Waals surface area contributed by atoms with Crippen molar-refractivity contribution in [2.45, 2.75) is 18.8 Å². The van der Waals surface area contributed by atoms with E-state index in [9.17, 15) is 14.4 Å². The Kier molecular flexibility index (Phi) is 4.22. The molecule has 1 aliphatic heterocycles. The lowest BCUT2D eigenvalue weighted by molar-refractivity contribution is -0.128. The smallest absolute Gasteiger partial charge is 0.379 e. The first kappa shape index (κ1) is 20.9. The molecule has 0 unspecified atom stereocenters. The topological polar surface area (TPSA) is 76.8 Å². The Balaban J connectivity index is 1.37. The van der Waals surface area contributed by atoms with Crippen molar-refractivity contribution >= 4 is 23.5 Å². The molecule has 6 nitrogen and oxygen atoms in total. The SMILES string of the molecule is C[C@]12C(=O)N(c3ccccc3OC(=O)c3ccco3)C(=O)[C@H]1C1c3ccccc3C2c2ccccc21. The summed E-state index contributed by atoms with van der Waals surface area (Å²) >= 11 is 0. The third-order valence-electron chi connectivity index (χ3n) is 8.04. The van der Waals surface area contributed by atoms with E-state index in [0.29, 0.717) is 0 Å². The molecular formula is C30H21NO5. The standard InChI is InChI=1S/C30H21NO5/c1-30-25-19-11-4-2-9-17(19)24(18-10-3-5-12-20(18)25)26(30)27(32)31(29(30)34)21-13-6-7-14-22(21)36-28(33)23-15-8-16-35-23/h2-16,24-26H,1H3/t24?,25?,26-,30-/m1/s1. The van der Waals surface area contributed by atoms with Crippen molar-refractivity contribution in [1.82, 2.24) is 0 Å². The predicted molar refractivity (Wildman–Crippen MR) is 131 cm³/mol. The molecule has 2 amide bonds. The van der Waals surface area contributed by atoms with E-state index in [1.165, 1.54) is 17.2 Å². The van der Waals surface area contributed by atoms with Gasteiger partial charge in [0.2, 0.25) is 17.6 Å². The molecule has 1 aromatic heterocycles. The van der Waals surface area contributed by atoms with Crippen LogP contribution in [-0.4, -0.2) is 17.8 Å². The van der Waals surface area contributed by atoms with Gasteiger partial charge in [-0.25, -0.2) is 9.69 Å². The van der Waals surface area contributed by atoms with Crippen molar-refractivity contribution in [3.63, 3.8) is 0 Å². The summed E-state index contributed by atoms with van der Waals surface area (Å²) in [6.07, 6.45) is 1.38. The maximum Gasteiger partial charge on any atom is 0.379 e. The monoisotopic (exact) mass is 475 g/mol.